The summed E-state index contributed by atoms with van der Waals surface area (Å²) in [5.74, 6) is -0.0146. The van der Waals surface area contributed by atoms with Gasteiger partial charge >= 0.3 is 5.91 Å². The van der Waals surface area contributed by atoms with Crippen molar-refractivity contribution in [1.82, 2.24) is 10.9 Å². The first-order valence-corrected chi connectivity index (χ1v) is 8.92. The van der Waals surface area contributed by atoms with Crippen molar-refractivity contribution >= 4 is 38.7 Å². The first-order valence-electron chi connectivity index (χ1n) is 8.13. The summed E-state index contributed by atoms with van der Waals surface area (Å²) < 4.78 is 16.9. The number of methoxy groups -OCH3 is 1. The molecule has 0 saturated heterocycles. The Labute approximate surface area is 163 Å². The number of halogens is 1. The molecule has 2 aromatic carbocycles. The fraction of sp³-hybridized carbons (Fsp3) is 0.158. The Morgan fingerprint density at radius 2 is 1.85 bits per heavy atom. The summed E-state index contributed by atoms with van der Waals surface area (Å²) in [6, 6.07) is 11.8. The highest BCUT2D eigenvalue weighted by Gasteiger charge is 2.16. The Hall–Kier alpha value is -3.00. The van der Waals surface area contributed by atoms with Crippen molar-refractivity contribution in [3.05, 3.63) is 58.3 Å². The average Bonchev–Trinajstić information content (AvgIpc) is 3.12. The minimum Gasteiger partial charge on any atom is -0.493 e. The Kier molecular flexibility index (Phi) is 5.66. The molecule has 0 radical (unpaired) electrons. The highest BCUT2D eigenvalue weighted by Crippen LogP contribution is 2.28. The highest BCUT2D eigenvalue weighted by molar-refractivity contribution is 9.10. The maximum atomic E-state index is 12.3. The molecule has 2 N–H and O–H groups in total. The van der Waals surface area contributed by atoms with E-state index >= 15 is 0 Å². The third-order valence-electron chi connectivity index (χ3n) is 3.74. The molecular formula is C19H17BrN2O5. The van der Waals surface area contributed by atoms with Crippen LogP contribution >= 0.6 is 15.9 Å². The van der Waals surface area contributed by atoms with Gasteiger partial charge in [0.2, 0.25) is 0 Å². The molecule has 140 valence electrons. The molecule has 1 aromatic heterocycles. The molecule has 1 heterocycles. The minimum atomic E-state index is -0.565. The number of benzene rings is 2. The molecule has 27 heavy (non-hydrogen) atoms. The van der Waals surface area contributed by atoms with Gasteiger partial charge in [-0.25, -0.2) is 0 Å². The van der Waals surface area contributed by atoms with Crippen LogP contribution in [0.4, 0.5) is 0 Å². The SMILES string of the molecule is CCOc1ccc(C(=O)NNC(=O)c2cc3cccc(Br)c3o2)cc1OC. The molecule has 7 nitrogen and oxygen atoms in total. The molecule has 0 unspecified atom stereocenters. The lowest BCUT2D eigenvalue weighted by Gasteiger charge is -2.11. The van der Waals surface area contributed by atoms with Gasteiger partial charge in [0.05, 0.1) is 18.2 Å². The van der Waals surface area contributed by atoms with E-state index in [0.29, 0.717) is 29.3 Å². The number of amides is 2. The Balaban J connectivity index is 1.69. The summed E-state index contributed by atoms with van der Waals surface area (Å²) in [6.07, 6.45) is 0. The van der Waals surface area contributed by atoms with Crippen LogP contribution in [0.3, 0.4) is 0 Å². The number of ether oxygens (including phenoxy) is 2. The molecule has 0 fully saturated rings. The first kappa shape index (κ1) is 18.8. The van der Waals surface area contributed by atoms with E-state index in [-0.39, 0.29) is 5.76 Å². The van der Waals surface area contributed by atoms with Crippen molar-refractivity contribution in [2.45, 2.75) is 6.92 Å². The lowest BCUT2D eigenvalue weighted by Crippen LogP contribution is -2.41. The lowest BCUT2D eigenvalue weighted by atomic mass is 10.2. The van der Waals surface area contributed by atoms with E-state index in [9.17, 15) is 9.59 Å². The molecule has 0 saturated carbocycles. The van der Waals surface area contributed by atoms with E-state index in [0.717, 1.165) is 9.86 Å². The number of furan rings is 1. The number of carbonyl (C=O) groups is 2. The number of hydrazine groups is 1. The maximum absolute atomic E-state index is 12.3. The molecule has 0 aliphatic rings. The van der Waals surface area contributed by atoms with Crippen LogP contribution in [0, 0.1) is 0 Å². The third-order valence-corrected chi connectivity index (χ3v) is 4.36. The fourth-order valence-corrected chi connectivity index (χ4v) is 2.93. The van der Waals surface area contributed by atoms with E-state index in [2.05, 4.69) is 26.8 Å². The van der Waals surface area contributed by atoms with Crippen molar-refractivity contribution in [1.29, 1.82) is 0 Å². The molecule has 8 heteroatoms. The molecule has 3 aromatic rings. The predicted octanol–water partition coefficient (Wildman–Crippen LogP) is 3.68. The van der Waals surface area contributed by atoms with Crippen LogP contribution in [0.15, 0.2) is 51.4 Å². The van der Waals surface area contributed by atoms with Gasteiger partial charge in [-0.15, -0.1) is 0 Å². The normalized spacial score (nSPS) is 10.5. The number of para-hydroxylation sites is 1. The van der Waals surface area contributed by atoms with Crippen molar-refractivity contribution < 1.29 is 23.5 Å². The summed E-state index contributed by atoms with van der Waals surface area (Å²) in [6.45, 7) is 2.33. The number of carbonyl (C=O) groups excluding carboxylic acids is 2. The zero-order valence-corrected chi connectivity index (χ0v) is 16.3. The zero-order chi connectivity index (χ0) is 19.4. The molecule has 3 rings (SSSR count). The number of fused-ring (bicyclic) bond motifs is 1. The summed E-state index contributed by atoms with van der Waals surface area (Å²) in [5, 5.41) is 0.775. The third kappa shape index (κ3) is 4.06. The van der Waals surface area contributed by atoms with Crippen LogP contribution < -0.4 is 20.3 Å². The van der Waals surface area contributed by atoms with E-state index in [4.69, 9.17) is 13.9 Å². The molecule has 0 bridgehead atoms. The predicted molar refractivity (Wildman–Crippen MR) is 103 cm³/mol. The lowest BCUT2D eigenvalue weighted by molar-refractivity contribution is 0.0832. The number of hydrogen-bond donors (Lipinski definition) is 2. The minimum absolute atomic E-state index is 0.0847. The number of rotatable bonds is 5. The summed E-state index contributed by atoms with van der Waals surface area (Å²) >= 11 is 3.37. The molecule has 0 atom stereocenters. The van der Waals surface area contributed by atoms with E-state index in [1.54, 1.807) is 18.2 Å². The van der Waals surface area contributed by atoms with Gasteiger partial charge in [0.15, 0.2) is 17.3 Å². The largest absolute Gasteiger partial charge is 0.493 e. The average molecular weight is 433 g/mol. The van der Waals surface area contributed by atoms with E-state index in [1.807, 2.05) is 25.1 Å². The Morgan fingerprint density at radius 3 is 2.56 bits per heavy atom. The van der Waals surface area contributed by atoms with Gasteiger partial charge in [0.25, 0.3) is 5.91 Å². The van der Waals surface area contributed by atoms with Crippen molar-refractivity contribution in [3.63, 3.8) is 0 Å². The van der Waals surface area contributed by atoms with Gasteiger partial charge in [0, 0.05) is 10.9 Å². The van der Waals surface area contributed by atoms with E-state index in [1.165, 1.54) is 13.2 Å². The second-order valence-corrected chi connectivity index (χ2v) is 6.33. The van der Waals surface area contributed by atoms with Crippen LogP contribution in [-0.4, -0.2) is 25.5 Å². The quantitative estimate of drug-likeness (QED) is 0.600. The second kappa shape index (κ2) is 8.13. The van der Waals surface area contributed by atoms with Crippen LogP contribution in [0.25, 0.3) is 11.0 Å². The fourth-order valence-electron chi connectivity index (χ4n) is 2.47. The van der Waals surface area contributed by atoms with Gasteiger partial charge in [-0.05, 0) is 53.2 Å². The van der Waals surface area contributed by atoms with Gasteiger partial charge in [-0.2, -0.15) is 0 Å². The summed E-state index contributed by atoms with van der Waals surface area (Å²) in [7, 11) is 1.49. The van der Waals surface area contributed by atoms with Crippen LogP contribution in [-0.2, 0) is 0 Å². The standard InChI is InChI=1S/C19H17BrN2O5/c1-3-26-14-8-7-12(10-15(14)25-2)18(23)21-22-19(24)16-9-11-5-4-6-13(20)17(11)27-16/h4-10H,3H2,1-2H3,(H,21,23)(H,22,24). The summed E-state index contributed by atoms with van der Waals surface area (Å²) in [4.78, 5) is 24.5. The molecule has 2 amide bonds. The van der Waals surface area contributed by atoms with E-state index < -0.39 is 11.8 Å². The van der Waals surface area contributed by atoms with Crippen LogP contribution in [0.1, 0.15) is 27.8 Å². The zero-order valence-electron chi connectivity index (χ0n) is 14.7. The molecule has 0 aliphatic heterocycles. The molecule has 0 aliphatic carbocycles. The van der Waals surface area contributed by atoms with Gasteiger partial charge in [0.1, 0.15) is 5.58 Å². The number of nitrogens with one attached hydrogen (secondary N) is 2. The highest BCUT2D eigenvalue weighted by atomic mass is 79.9. The summed E-state index contributed by atoms with van der Waals surface area (Å²) in [5.41, 5.74) is 5.56. The molecule has 0 spiro atoms. The topological polar surface area (TPSA) is 89.8 Å². The smallest absolute Gasteiger partial charge is 0.305 e. The van der Waals surface area contributed by atoms with Crippen LogP contribution in [0.5, 0.6) is 11.5 Å². The Morgan fingerprint density at radius 1 is 1.07 bits per heavy atom. The number of hydrogen-bond acceptors (Lipinski definition) is 5. The monoisotopic (exact) mass is 432 g/mol. The van der Waals surface area contributed by atoms with Gasteiger partial charge < -0.3 is 13.9 Å². The van der Waals surface area contributed by atoms with Crippen molar-refractivity contribution in [2.24, 2.45) is 0 Å². The Bertz CT molecular complexity index is 999. The van der Waals surface area contributed by atoms with Gasteiger partial charge in [-0.1, -0.05) is 12.1 Å². The van der Waals surface area contributed by atoms with Crippen molar-refractivity contribution in [3.8, 4) is 11.5 Å². The first-order chi connectivity index (χ1) is 13.0. The van der Waals surface area contributed by atoms with Crippen molar-refractivity contribution in [2.75, 3.05) is 13.7 Å². The second-order valence-electron chi connectivity index (χ2n) is 5.48. The molecular weight excluding hydrogens is 416 g/mol. The van der Waals surface area contributed by atoms with Crippen LogP contribution in [0.2, 0.25) is 0 Å². The van der Waals surface area contributed by atoms with Gasteiger partial charge in [-0.3, -0.25) is 20.4 Å². The maximum Gasteiger partial charge on any atom is 0.305 e.